The summed E-state index contributed by atoms with van der Waals surface area (Å²) < 4.78 is 15.3. The Hall–Kier alpha value is -2.86. The second kappa shape index (κ2) is 5.65. The molecule has 4 aromatic rings. The number of aromatic nitrogens is 5. The van der Waals surface area contributed by atoms with Gasteiger partial charge in [-0.25, -0.2) is 14.6 Å². The molecular formula is C17H11ClFN5. The van der Waals surface area contributed by atoms with Gasteiger partial charge in [0, 0.05) is 17.1 Å². The molecule has 0 aliphatic heterocycles. The maximum Gasteiger partial charge on any atom is 0.238 e. The van der Waals surface area contributed by atoms with Crippen LogP contribution in [0.15, 0.2) is 48.7 Å². The number of pyridine rings is 2. The second-order valence-corrected chi connectivity index (χ2v) is 5.68. The molecule has 0 fully saturated rings. The standard InChI is InChI=1S/C17H11ClFN5/c1-10-16(22-23-24(10)14-3-2-8-20-17(14)19)12-4-6-13-11(9-12)5-7-15(18)21-13/h2-9H,1H3. The maximum absolute atomic E-state index is 13.9. The van der Waals surface area contributed by atoms with Crippen LogP contribution < -0.4 is 0 Å². The van der Waals surface area contributed by atoms with Crippen molar-refractivity contribution in [3.05, 3.63) is 65.5 Å². The van der Waals surface area contributed by atoms with Crippen LogP contribution in [0.2, 0.25) is 5.15 Å². The molecule has 1 aromatic carbocycles. The first-order valence-electron chi connectivity index (χ1n) is 7.23. The molecule has 0 atom stereocenters. The molecule has 7 heteroatoms. The Kier molecular flexibility index (Phi) is 3.46. The molecule has 0 bridgehead atoms. The van der Waals surface area contributed by atoms with Crippen molar-refractivity contribution >= 4 is 22.5 Å². The van der Waals surface area contributed by atoms with Crippen LogP contribution in [-0.4, -0.2) is 25.0 Å². The summed E-state index contributed by atoms with van der Waals surface area (Å²) >= 11 is 5.91. The van der Waals surface area contributed by atoms with E-state index in [4.69, 9.17) is 11.6 Å². The van der Waals surface area contributed by atoms with E-state index >= 15 is 0 Å². The van der Waals surface area contributed by atoms with Gasteiger partial charge in [0.05, 0.1) is 11.2 Å². The molecular weight excluding hydrogens is 329 g/mol. The van der Waals surface area contributed by atoms with Crippen LogP contribution in [0, 0.1) is 12.9 Å². The first kappa shape index (κ1) is 14.7. The minimum Gasteiger partial charge on any atom is -0.236 e. The van der Waals surface area contributed by atoms with Crippen molar-refractivity contribution in [1.29, 1.82) is 0 Å². The van der Waals surface area contributed by atoms with Crippen molar-refractivity contribution in [2.75, 3.05) is 0 Å². The molecule has 0 saturated carbocycles. The molecule has 4 rings (SSSR count). The highest BCUT2D eigenvalue weighted by Crippen LogP contribution is 2.26. The Morgan fingerprint density at radius 3 is 2.83 bits per heavy atom. The highest BCUT2D eigenvalue weighted by atomic mass is 35.5. The van der Waals surface area contributed by atoms with Gasteiger partial charge >= 0.3 is 0 Å². The van der Waals surface area contributed by atoms with Crippen molar-refractivity contribution in [2.45, 2.75) is 6.92 Å². The van der Waals surface area contributed by atoms with Gasteiger partial charge in [0.15, 0.2) is 0 Å². The third-order valence-corrected chi connectivity index (χ3v) is 4.00. The molecule has 0 unspecified atom stereocenters. The number of hydrogen-bond acceptors (Lipinski definition) is 4. The van der Waals surface area contributed by atoms with E-state index in [-0.39, 0.29) is 5.69 Å². The number of fused-ring (bicyclic) bond motifs is 1. The Bertz CT molecular complexity index is 1060. The molecule has 0 spiro atoms. The average molecular weight is 340 g/mol. The van der Waals surface area contributed by atoms with Gasteiger partial charge in [-0.1, -0.05) is 22.9 Å². The summed E-state index contributed by atoms with van der Waals surface area (Å²) in [7, 11) is 0. The first-order chi connectivity index (χ1) is 11.6. The van der Waals surface area contributed by atoms with Gasteiger partial charge in [-0.15, -0.1) is 5.10 Å². The highest BCUT2D eigenvalue weighted by Gasteiger charge is 2.15. The quantitative estimate of drug-likeness (QED) is 0.518. The number of halogens is 2. The largest absolute Gasteiger partial charge is 0.238 e. The molecule has 0 amide bonds. The third-order valence-electron chi connectivity index (χ3n) is 3.79. The summed E-state index contributed by atoms with van der Waals surface area (Å²) in [5.41, 5.74) is 3.34. The van der Waals surface area contributed by atoms with Gasteiger partial charge in [0.2, 0.25) is 5.95 Å². The van der Waals surface area contributed by atoms with Crippen LogP contribution >= 0.6 is 11.6 Å². The fourth-order valence-electron chi connectivity index (χ4n) is 2.61. The van der Waals surface area contributed by atoms with Gasteiger partial charge in [-0.3, -0.25) is 0 Å². The van der Waals surface area contributed by atoms with E-state index in [1.54, 1.807) is 18.2 Å². The minimum atomic E-state index is -0.589. The SMILES string of the molecule is Cc1c(-c2ccc3nc(Cl)ccc3c2)nnn1-c1cccnc1F. The van der Waals surface area contributed by atoms with Gasteiger partial charge in [0.25, 0.3) is 0 Å². The average Bonchev–Trinajstić information content (AvgIpc) is 2.96. The molecule has 3 heterocycles. The van der Waals surface area contributed by atoms with Gasteiger partial charge in [-0.05, 0) is 43.3 Å². The molecule has 3 aromatic heterocycles. The summed E-state index contributed by atoms with van der Waals surface area (Å²) in [6.07, 6.45) is 1.40. The molecule has 24 heavy (non-hydrogen) atoms. The lowest BCUT2D eigenvalue weighted by molar-refractivity contribution is 0.564. The van der Waals surface area contributed by atoms with Crippen LogP contribution in [0.3, 0.4) is 0 Å². The summed E-state index contributed by atoms with van der Waals surface area (Å²) in [6.45, 7) is 1.84. The number of rotatable bonds is 2. The van der Waals surface area contributed by atoms with Gasteiger partial charge in [-0.2, -0.15) is 4.39 Å². The predicted octanol–water partition coefficient (Wildman–Crippen LogP) is 3.98. The Morgan fingerprint density at radius 1 is 1.12 bits per heavy atom. The predicted molar refractivity (Wildman–Crippen MR) is 89.6 cm³/mol. The molecule has 118 valence electrons. The zero-order valence-electron chi connectivity index (χ0n) is 12.6. The van der Waals surface area contributed by atoms with E-state index in [1.807, 2.05) is 31.2 Å². The summed E-state index contributed by atoms with van der Waals surface area (Å²) in [4.78, 5) is 7.92. The van der Waals surface area contributed by atoms with Crippen molar-refractivity contribution in [3.8, 4) is 16.9 Å². The summed E-state index contributed by atoms with van der Waals surface area (Å²) in [5, 5.41) is 9.66. The lowest BCUT2D eigenvalue weighted by Gasteiger charge is -2.05. The summed E-state index contributed by atoms with van der Waals surface area (Å²) in [6, 6.07) is 12.6. The maximum atomic E-state index is 13.9. The smallest absolute Gasteiger partial charge is 0.236 e. The fraction of sp³-hybridized carbons (Fsp3) is 0.0588. The van der Waals surface area contributed by atoms with Gasteiger partial charge in [0.1, 0.15) is 16.5 Å². The summed E-state index contributed by atoms with van der Waals surface area (Å²) in [5.74, 6) is -0.589. The zero-order chi connectivity index (χ0) is 16.7. The molecule has 0 aliphatic carbocycles. The van der Waals surface area contributed by atoms with E-state index in [9.17, 15) is 4.39 Å². The fourth-order valence-corrected chi connectivity index (χ4v) is 2.76. The van der Waals surface area contributed by atoms with Crippen molar-refractivity contribution in [1.82, 2.24) is 25.0 Å². The molecule has 5 nitrogen and oxygen atoms in total. The molecule has 0 radical (unpaired) electrons. The van der Waals surface area contributed by atoms with E-state index in [1.165, 1.54) is 10.9 Å². The van der Waals surface area contributed by atoms with E-state index in [0.717, 1.165) is 22.2 Å². The van der Waals surface area contributed by atoms with E-state index in [0.29, 0.717) is 10.8 Å². The van der Waals surface area contributed by atoms with Crippen LogP contribution in [0.25, 0.3) is 27.8 Å². The minimum absolute atomic E-state index is 0.267. The number of benzene rings is 1. The van der Waals surface area contributed by atoms with Crippen LogP contribution in [-0.2, 0) is 0 Å². The van der Waals surface area contributed by atoms with Crippen LogP contribution in [0.4, 0.5) is 4.39 Å². The highest BCUT2D eigenvalue weighted by molar-refractivity contribution is 6.29. The van der Waals surface area contributed by atoms with E-state index in [2.05, 4.69) is 20.3 Å². The van der Waals surface area contributed by atoms with Crippen LogP contribution in [0.1, 0.15) is 5.69 Å². The van der Waals surface area contributed by atoms with Crippen molar-refractivity contribution < 1.29 is 4.39 Å². The first-order valence-corrected chi connectivity index (χ1v) is 7.61. The third kappa shape index (κ3) is 2.41. The Balaban J connectivity index is 1.83. The lowest BCUT2D eigenvalue weighted by Crippen LogP contribution is -2.03. The van der Waals surface area contributed by atoms with Crippen LogP contribution in [0.5, 0.6) is 0 Å². The Labute approximate surface area is 141 Å². The Morgan fingerprint density at radius 2 is 2.00 bits per heavy atom. The number of hydrogen-bond donors (Lipinski definition) is 0. The molecule has 0 N–H and O–H groups in total. The molecule has 0 aliphatic rings. The second-order valence-electron chi connectivity index (χ2n) is 5.29. The monoisotopic (exact) mass is 339 g/mol. The molecule has 0 saturated heterocycles. The topological polar surface area (TPSA) is 56.5 Å². The lowest BCUT2D eigenvalue weighted by atomic mass is 10.1. The number of nitrogens with zero attached hydrogens (tertiary/aromatic N) is 5. The normalized spacial score (nSPS) is 11.1. The van der Waals surface area contributed by atoms with Crippen molar-refractivity contribution in [2.24, 2.45) is 0 Å². The van der Waals surface area contributed by atoms with Crippen molar-refractivity contribution in [3.63, 3.8) is 0 Å². The van der Waals surface area contributed by atoms with Gasteiger partial charge < -0.3 is 0 Å². The zero-order valence-corrected chi connectivity index (χ0v) is 13.4. The van der Waals surface area contributed by atoms with E-state index < -0.39 is 5.95 Å².